The Morgan fingerprint density at radius 2 is 1.91 bits per heavy atom. The Balaban J connectivity index is 1.77. The lowest BCUT2D eigenvalue weighted by Crippen LogP contribution is -2.33. The molecule has 4 nitrogen and oxygen atoms in total. The molecule has 5 heteroatoms. The summed E-state index contributed by atoms with van der Waals surface area (Å²) in [7, 11) is 0. The molecule has 1 N–H and O–H groups in total. The predicted molar refractivity (Wildman–Crippen MR) is 93.7 cm³/mol. The summed E-state index contributed by atoms with van der Waals surface area (Å²) < 4.78 is 0. The highest BCUT2D eigenvalue weighted by Crippen LogP contribution is 2.26. The van der Waals surface area contributed by atoms with Gasteiger partial charge in [-0.1, -0.05) is 44.2 Å². The molecule has 1 aromatic carbocycles. The average molecular weight is 337 g/mol. The molecule has 1 aromatic rings. The van der Waals surface area contributed by atoms with Gasteiger partial charge >= 0.3 is 0 Å². The van der Waals surface area contributed by atoms with E-state index in [0.29, 0.717) is 18.1 Å². The van der Waals surface area contributed by atoms with Crippen LogP contribution in [0.4, 0.5) is 5.69 Å². The Kier molecular flexibility index (Phi) is 6.90. The fourth-order valence-corrected chi connectivity index (χ4v) is 2.96. The minimum atomic E-state index is -0.256. The first-order valence-corrected chi connectivity index (χ1v) is 8.83. The van der Waals surface area contributed by atoms with Crippen molar-refractivity contribution < 1.29 is 9.59 Å². The molecule has 0 aromatic heterocycles. The molecule has 126 valence electrons. The average Bonchev–Trinajstić information content (AvgIpc) is 2.93. The van der Waals surface area contributed by atoms with E-state index in [4.69, 9.17) is 11.6 Å². The molecule has 2 amide bonds. The molecule has 0 bridgehead atoms. The molecule has 1 atom stereocenters. The molecule has 1 fully saturated rings. The highest BCUT2D eigenvalue weighted by Gasteiger charge is 2.34. The van der Waals surface area contributed by atoms with Crippen molar-refractivity contribution in [1.29, 1.82) is 0 Å². The molecule has 1 saturated heterocycles. The number of nitrogens with one attached hydrogen (secondary N) is 1. The SMILES string of the molecule is CCCCCCCNC(=O)C1CC(=O)N(c2ccc(Cl)cc2)C1. The van der Waals surface area contributed by atoms with E-state index in [-0.39, 0.29) is 24.2 Å². The Bertz CT molecular complexity index is 530. The van der Waals surface area contributed by atoms with Crippen LogP contribution in [0.2, 0.25) is 5.02 Å². The van der Waals surface area contributed by atoms with Gasteiger partial charge in [0, 0.05) is 30.2 Å². The molecule has 0 saturated carbocycles. The van der Waals surface area contributed by atoms with E-state index in [1.165, 1.54) is 19.3 Å². The summed E-state index contributed by atoms with van der Waals surface area (Å²) in [4.78, 5) is 26.0. The maximum Gasteiger partial charge on any atom is 0.227 e. The standard InChI is InChI=1S/C18H25ClN2O2/c1-2-3-4-5-6-11-20-18(23)14-12-17(22)21(13-14)16-9-7-15(19)8-10-16/h7-10,14H,2-6,11-13H2,1H3,(H,20,23). The summed E-state index contributed by atoms with van der Waals surface area (Å²) in [5.74, 6) is -0.269. The third kappa shape index (κ3) is 5.24. The molecule has 0 spiro atoms. The smallest absolute Gasteiger partial charge is 0.227 e. The van der Waals surface area contributed by atoms with E-state index in [0.717, 1.165) is 18.5 Å². The van der Waals surface area contributed by atoms with Crippen molar-refractivity contribution in [3.63, 3.8) is 0 Å². The van der Waals surface area contributed by atoms with Crippen LogP contribution in [0.5, 0.6) is 0 Å². The molecule has 1 heterocycles. The van der Waals surface area contributed by atoms with Crippen LogP contribution in [0.1, 0.15) is 45.4 Å². The van der Waals surface area contributed by atoms with Gasteiger partial charge in [-0.25, -0.2) is 0 Å². The lowest BCUT2D eigenvalue weighted by molar-refractivity contribution is -0.126. The van der Waals surface area contributed by atoms with Gasteiger partial charge in [0.05, 0.1) is 5.92 Å². The number of nitrogens with zero attached hydrogens (tertiary/aromatic N) is 1. The van der Waals surface area contributed by atoms with E-state index >= 15 is 0 Å². The van der Waals surface area contributed by atoms with E-state index in [2.05, 4.69) is 12.2 Å². The number of carbonyl (C=O) groups is 2. The minimum absolute atomic E-state index is 0.00424. The van der Waals surface area contributed by atoms with Gasteiger partial charge in [0.2, 0.25) is 11.8 Å². The van der Waals surface area contributed by atoms with Crippen LogP contribution in [0.15, 0.2) is 24.3 Å². The second-order valence-electron chi connectivity index (χ2n) is 6.09. The number of hydrogen-bond acceptors (Lipinski definition) is 2. The normalized spacial score (nSPS) is 17.6. The number of halogens is 1. The topological polar surface area (TPSA) is 49.4 Å². The second kappa shape index (κ2) is 8.92. The highest BCUT2D eigenvalue weighted by atomic mass is 35.5. The molecule has 0 radical (unpaired) electrons. The molecule has 1 unspecified atom stereocenters. The van der Waals surface area contributed by atoms with Crippen LogP contribution in [-0.2, 0) is 9.59 Å². The van der Waals surface area contributed by atoms with Crippen molar-refractivity contribution in [2.75, 3.05) is 18.0 Å². The van der Waals surface area contributed by atoms with Crippen LogP contribution in [0.25, 0.3) is 0 Å². The van der Waals surface area contributed by atoms with Gasteiger partial charge < -0.3 is 10.2 Å². The van der Waals surface area contributed by atoms with E-state index in [1.54, 1.807) is 17.0 Å². The van der Waals surface area contributed by atoms with Crippen LogP contribution in [0.3, 0.4) is 0 Å². The number of carbonyl (C=O) groups excluding carboxylic acids is 2. The van der Waals surface area contributed by atoms with Gasteiger partial charge in [-0.05, 0) is 30.7 Å². The molecule has 1 aliphatic rings. The Labute approximate surface area is 143 Å². The van der Waals surface area contributed by atoms with Gasteiger partial charge in [-0.3, -0.25) is 9.59 Å². The molecular weight excluding hydrogens is 312 g/mol. The first kappa shape index (κ1) is 17.8. The highest BCUT2D eigenvalue weighted by molar-refractivity contribution is 6.30. The molecule has 2 rings (SSSR count). The van der Waals surface area contributed by atoms with Gasteiger partial charge in [0.1, 0.15) is 0 Å². The fraction of sp³-hybridized carbons (Fsp3) is 0.556. The lowest BCUT2D eigenvalue weighted by Gasteiger charge is -2.16. The second-order valence-corrected chi connectivity index (χ2v) is 6.52. The number of amides is 2. The number of rotatable bonds is 8. The number of unbranched alkanes of at least 4 members (excludes halogenated alkanes) is 4. The van der Waals surface area contributed by atoms with Crippen LogP contribution in [-0.4, -0.2) is 24.9 Å². The fourth-order valence-electron chi connectivity index (χ4n) is 2.84. The molecule has 23 heavy (non-hydrogen) atoms. The maximum absolute atomic E-state index is 12.2. The predicted octanol–water partition coefficient (Wildman–Crippen LogP) is 3.78. The number of anilines is 1. The monoisotopic (exact) mass is 336 g/mol. The largest absolute Gasteiger partial charge is 0.356 e. The summed E-state index contributed by atoms with van der Waals surface area (Å²) in [6.45, 7) is 3.33. The number of hydrogen-bond donors (Lipinski definition) is 1. The van der Waals surface area contributed by atoms with Crippen molar-refractivity contribution in [2.24, 2.45) is 5.92 Å². The van der Waals surface area contributed by atoms with Gasteiger partial charge in [0.15, 0.2) is 0 Å². The Morgan fingerprint density at radius 1 is 1.22 bits per heavy atom. The van der Waals surface area contributed by atoms with Gasteiger partial charge in [0.25, 0.3) is 0 Å². The number of benzene rings is 1. The van der Waals surface area contributed by atoms with Gasteiger partial charge in [-0.2, -0.15) is 0 Å². The summed E-state index contributed by atoms with van der Waals surface area (Å²) >= 11 is 5.87. The van der Waals surface area contributed by atoms with Gasteiger partial charge in [-0.15, -0.1) is 0 Å². The molecular formula is C18H25ClN2O2. The summed E-state index contributed by atoms with van der Waals surface area (Å²) in [6, 6.07) is 7.14. The molecule has 1 aliphatic heterocycles. The zero-order valence-electron chi connectivity index (χ0n) is 13.7. The van der Waals surface area contributed by atoms with Crippen molar-refractivity contribution in [3.8, 4) is 0 Å². The van der Waals surface area contributed by atoms with Crippen molar-refractivity contribution in [2.45, 2.75) is 45.4 Å². The summed E-state index contributed by atoms with van der Waals surface area (Å²) in [5.41, 5.74) is 0.800. The first-order chi connectivity index (χ1) is 11.1. The minimum Gasteiger partial charge on any atom is -0.356 e. The van der Waals surface area contributed by atoms with Crippen molar-refractivity contribution >= 4 is 29.1 Å². The van der Waals surface area contributed by atoms with E-state index < -0.39 is 0 Å². The quantitative estimate of drug-likeness (QED) is 0.734. The Hall–Kier alpha value is -1.55. The third-order valence-corrected chi connectivity index (χ3v) is 4.47. The van der Waals surface area contributed by atoms with E-state index in [1.807, 2.05) is 12.1 Å². The summed E-state index contributed by atoms with van der Waals surface area (Å²) in [5, 5.41) is 3.60. The van der Waals surface area contributed by atoms with Crippen molar-refractivity contribution in [3.05, 3.63) is 29.3 Å². The van der Waals surface area contributed by atoms with E-state index in [9.17, 15) is 9.59 Å². The third-order valence-electron chi connectivity index (χ3n) is 4.21. The Morgan fingerprint density at radius 3 is 2.61 bits per heavy atom. The lowest BCUT2D eigenvalue weighted by atomic mass is 10.1. The van der Waals surface area contributed by atoms with Crippen LogP contribution < -0.4 is 10.2 Å². The van der Waals surface area contributed by atoms with Crippen molar-refractivity contribution in [1.82, 2.24) is 5.32 Å². The zero-order chi connectivity index (χ0) is 16.7. The zero-order valence-corrected chi connectivity index (χ0v) is 14.4. The first-order valence-electron chi connectivity index (χ1n) is 8.45. The maximum atomic E-state index is 12.2. The summed E-state index contributed by atoms with van der Waals surface area (Å²) in [6.07, 6.45) is 6.13. The van der Waals surface area contributed by atoms with Crippen LogP contribution in [0, 0.1) is 5.92 Å². The molecule has 0 aliphatic carbocycles. The van der Waals surface area contributed by atoms with Crippen LogP contribution >= 0.6 is 11.6 Å².